The summed E-state index contributed by atoms with van der Waals surface area (Å²) in [6.45, 7) is 0. The van der Waals surface area contributed by atoms with Crippen molar-refractivity contribution >= 4 is 22.8 Å². The van der Waals surface area contributed by atoms with Crippen LogP contribution >= 0.6 is 0 Å². The molecule has 0 aliphatic heterocycles. The van der Waals surface area contributed by atoms with Crippen molar-refractivity contribution in [3.8, 4) is 5.69 Å². The van der Waals surface area contributed by atoms with Crippen LogP contribution in [0.2, 0.25) is 0 Å². The van der Waals surface area contributed by atoms with Gasteiger partial charge in [0.2, 0.25) is 6.08 Å². The Hall–Kier alpha value is -2.78. The summed E-state index contributed by atoms with van der Waals surface area (Å²) in [5, 5.41) is 8.69. The van der Waals surface area contributed by atoms with Gasteiger partial charge in [0.1, 0.15) is 11.0 Å². The molecule has 3 rings (SSSR count). The highest BCUT2D eigenvalue weighted by molar-refractivity contribution is 5.78. The van der Waals surface area contributed by atoms with E-state index < -0.39 is 0 Å². The smallest absolute Gasteiger partial charge is 0.211 e. The molecule has 0 aliphatic rings. The quantitative estimate of drug-likeness (QED) is 0.507. The molecule has 5 heteroatoms. The van der Waals surface area contributed by atoms with Crippen LogP contribution in [-0.4, -0.2) is 21.1 Å². The molecule has 0 radical (unpaired) electrons. The van der Waals surface area contributed by atoms with Crippen molar-refractivity contribution in [2.24, 2.45) is 4.99 Å². The third-order valence-corrected chi connectivity index (χ3v) is 2.53. The van der Waals surface area contributed by atoms with Crippen LogP contribution in [0.4, 0.5) is 5.69 Å². The molecular weight excluding hydrogens is 228 g/mol. The van der Waals surface area contributed by atoms with Gasteiger partial charge in [-0.2, -0.15) is 9.79 Å². The van der Waals surface area contributed by atoms with E-state index in [1.807, 2.05) is 30.3 Å². The Morgan fingerprint density at radius 3 is 2.56 bits per heavy atom. The highest BCUT2D eigenvalue weighted by atomic mass is 16.1. The van der Waals surface area contributed by atoms with Crippen molar-refractivity contribution in [1.29, 1.82) is 0 Å². The summed E-state index contributed by atoms with van der Waals surface area (Å²) in [4.78, 5) is 15.3. The maximum atomic E-state index is 10.2. The molecule has 1 aromatic heterocycles. The summed E-state index contributed by atoms with van der Waals surface area (Å²) in [5.41, 5.74) is 2.85. The molecule has 3 aromatic rings. The number of nitrogens with zero attached hydrogens (tertiary/aromatic N) is 4. The van der Waals surface area contributed by atoms with Gasteiger partial charge in [-0.1, -0.05) is 18.2 Å². The largest absolute Gasteiger partial charge is 0.240 e. The van der Waals surface area contributed by atoms with Crippen molar-refractivity contribution in [2.75, 3.05) is 0 Å². The first kappa shape index (κ1) is 10.4. The van der Waals surface area contributed by atoms with Crippen LogP contribution in [0.3, 0.4) is 0 Å². The zero-order chi connectivity index (χ0) is 12.4. The second-order valence-corrected chi connectivity index (χ2v) is 3.70. The predicted octanol–water partition coefficient (Wildman–Crippen LogP) is 2.39. The van der Waals surface area contributed by atoms with E-state index in [0.29, 0.717) is 11.2 Å². The van der Waals surface area contributed by atoms with Crippen LogP contribution in [0.25, 0.3) is 16.7 Å². The van der Waals surface area contributed by atoms with Crippen molar-refractivity contribution in [3.63, 3.8) is 0 Å². The third-order valence-electron chi connectivity index (χ3n) is 2.53. The standard InChI is InChI=1S/C13H8N4O/c18-9-14-10-6-7-12-13(8-10)16-17(15-12)11-4-2-1-3-5-11/h1-8H. The monoisotopic (exact) mass is 236 g/mol. The highest BCUT2D eigenvalue weighted by Crippen LogP contribution is 2.18. The Morgan fingerprint density at radius 2 is 1.78 bits per heavy atom. The van der Waals surface area contributed by atoms with E-state index >= 15 is 0 Å². The lowest BCUT2D eigenvalue weighted by molar-refractivity contribution is 0.565. The maximum Gasteiger partial charge on any atom is 0.240 e. The van der Waals surface area contributed by atoms with Gasteiger partial charge in [0.05, 0.1) is 11.4 Å². The van der Waals surface area contributed by atoms with Gasteiger partial charge < -0.3 is 0 Å². The normalized spacial score (nSPS) is 10.2. The summed E-state index contributed by atoms with van der Waals surface area (Å²) >= 11 is 0. The number of rotatable bonds is 2. The molecule has 0 aliphatic carbocycles. The predicted molar refractivity (Wildman–Crippen MR) is 66.6 cm³/mol. The summed E-state index contributed by atoms with van der Waals surface area (Å²) in [7, 11) is 0. The summed E-state index contributed by atoms with van der Waals surface area (Å²) in [6.07, 6.45) is 1.51. The molecule has 0 fully saturated rings. The van der Waals surface area contributed by atoms with Crippen LogP contribution in [0.1, 0.15) is 0 Å². The van der Waals surface area contributed by atoms with Crippen molar-refractivity contribution < 1.29 is 4.79 Å². The molecule has 86 valence electrons. The van der Waals surface area contributed by atoms with Gasteiger partial charge in [0, 0.05) is 0 Å². The fraction of sp³-hybridized carbons (Fsp3) is 0. The number of para-hydroxylation sites is 1. The number of benzene rings is 2. The van der Waals surface area contributed by atoms with E-state index in [0.717, 1.165) is 11.2 Å². The Balaban J connectivity index is 2.14. The Bertz CT molecular complexity index is 742. The van der Waals surface area contributed by atoms with Gasteiger partial charge in [-0.05, 0) is 30.3 Å². The van der Waals surface area contributed by atoms with Crippen molar-refractivity contribution in [1.82, 2.24) is 15.0 Å². The molecule has 0 spiro atoms. The van der Waals surface area contributed by atoms with Gasteiger partial charge in [-0.25, -0.2) is 4.79 Å². The number of aromatic nitrogens is 3. The molecule has 5 nitrogen and oxygen atoms in total. The first-order valence-electron chi connectivity index (χ1n) is 5.37. The maximum absolute atomic E-state index is 10.2. The van der Waals surface area contributed by atoms with E-state index in [1.54, 1.807) is 23.0 Å². The first-order valence-corrected chi connectivity index (χ1v) is 5.37. The highest BCUT2D eigenvalue weighted by Gasteiger charge is 2.04. The van der Waals surface area contributed by atoms with Crippen LogP contribution in [0.15, 0.2) is 53.5 Å². The van der Waals surface area contributed by atoms with Gasteiger partial charge in [-0.15, -0.1) is 10.2 Å². The van der Waals surface area contributed by atoms with Gasteiger partial charge in [0.15, 0.2) is 0 Å². The zero-order valence-corrected chi connectivity index (χ0v) is 9.32. The SMILES string of the molecule is O=C=Nc1ccc2nn(-c3ccccc3)nc2c1. The van der Waals surface area contributed by atoms with E-state index in [-0.39, 0.29) is 0 Å². The lowest BCUT2D eigenvalue weighted by atomic mass is 10.3. The Labute approximate surface area is 102 Å². The molecule has 0 N–H and O–H groups in total. The summed E-state index contributed by atoms with van der Waals surface area (Å²) in [5.74, 6) is 0. The van der Waals surface area contributed by atoms with Crippen LogP contribution < -0.4 is 0 Å². The number of hydrogen-bond acceptors (Lipinski definition) is 4. The van der Waals surface area contributed by atoms with Crippen LogP contribution in [-0.2, 0) is 4.79 Å². The Morgan fingerprint density at radius 1 is 1.00 bits per heavy atom. The number of isocyanates is 1. The second kappa shape index (κ2) is 4.24. The van der Waals surface area contributed by atoms with E-state index in [1.165, 1.54) is 6.08 Å². The average Bonchev–Trinajstić information content (AvgIpc) is 2.83. The number of fused-ring (bicyclic) bond motifs is 1. The number of aliphatic imine (C=N–C) groups is 1. The first-order chi connectivity index (χ1) is 8.86. The lowest BCUT2D eigenvalue weighted by Gasteiger charge is -1.96. The van der Waals surface area contributed by atoms with E-state index in [4.69, 9.17) is 0 Å². The molecule has 0 saturated heterocycles. The minimum atomic E-state index is 0.526. The lowest BCUT2D eigenvalue weighted by Crippen LogP contribution is -1.97. The summed E-state index contributed by atoms with van der Waals surface area (Å²) in [6, 6.07) is 14.8. The third kappa shape index (κ3) is 1.79. The van der Waals surface area contributed by atoms with Crippen LogP contribution in [0, 0.1) is 0 Å². The molecule has 0 atom stereocenters. The van der Waals surface area contributed by atoms with Gasteiger partial charge in [-0.3, -0.25) is 0 Å². The topological polar surface area (TPSA) is 60.1 Å². The minimum Gasteiger partial charge on any atom is -0.211 e. The average molecular weight is 236 g/mol. The molecular formula is C13H8N4O. The minimum absolute atomic E-state index is 0.526. The molecule has 0 saturated carbocycles. The molecule has 0 amide bonds. The van der Waals surface area contributed by atoms with Gasteiger partial charge in [0.25, 0.3) is 0 Å². The molecule has 0 bridgehead atoms. The number of hydrogen-bond donors (Lipinski definition) is 0. The van der Waals surface area contributed by atoms with E-state index in [2.05, 4.69) is 15.2 Å². The fourth-order valence-electron chi connectivity index (χ4n) is 1.70. The molecule has 0 unspecified atom stereocenters. The van der Waals surface area contributed by atoms with Crippen LogP contribution in [0.5, 0.6) is 0 Å². The van der Waals surface area contributed by atoms with E-state index in [9.17, 15) is 4.79 Å². The molecule has 1 heterocycles. The molecule has 18 heavy (non-hydrogen) atoms. The Kier molecular flexibility index (Phi) is 2.44. The summed E-state index contributed by atoms with van der Waals surface area (Å²) < 4.78 is 0. The molecule has 2 aromatic carbocycles. The second-order valence-electron chi connectivity index (χ2n) is 3.70. The number of carbonyl (C=O) groups excluding carboxylic acids is 1. The zero-order valence-electron chi connectivity index (χ0n) is 9.32. The van der Waals surface area contributed by atoms with Crippen molar-refractivity contribution in [3.05, 3.63) is 48.5 Å². The fourth-order valence-corrected chi connectivity index (χ4v) is 1.70. The van der Waals surface area contributed by atoms with Gasteiger partial charge >= 0.3 is 0 Å². The van der Waals surface area contributed by atoms with Crippen molar-refractivity contribution in [2.45, 2.75) is 0 Å².